The maximum absolute atomic E-state index is 10.6. The van der Waals surface area contributed by atoms with Crippen molar-refractivity contribution in [2.45, 2.75) is 270 Å². The average molecular weight is 2460 g/mol. The standard InChI is InChI=1S/C18H27NO2.C17H25NO2.C16H23NO2.C14H19NO2.C13H17NO2.C12H15NO2.12ClH.6Zr/c1-5-18(2,3)16-11-15(21-4)10-13(17(16)20)12-19-14-8-6-7-9-14;1-5-17(2,3)15-10-14(20-4)9-12(16(15)19)11-18-13-7-6-8-13;1-5-16(2,3)14-9-13(19-4)8-11(15(14)18)10-17-12-6-7-12;1-10-7-13(17-2)8-11(14(10)16)9-15-12-5-3-4-6-12;1-9-6-12(16-2)7-10(13(9)15)8-14-11-4-3-5-11;1-8-5-11(15-2)6-9(12(8)14)7-13-10-3-4-10;;;;;;;;;;;;;;;;;;/h10-12,14,20H,5-9H2,1-4H3;9-11,13,19H,5-8H2,1-4H3;8-10,12,18H,5-7H2,1-4H3;7-9,12,16H,3-6H2,1-2H3;6-8,11,15H,3-5H2,1-2H3;5-7,10,14H,3-4H2,1-2H3;12*1H;;;;;;/q;;;;;;;;;;;;;;;;;;6*+2/p-12. The Bertz CT molecular complexity index is 4260. The van der Waals surface area contributed by atoms with Gasteiger partial charge in [-0.15, -0.1) is 0 Å². The summed E-state index contributed by atoms with van der Waals surface area (Å²) in [5.74, 6) is 6.47. The number of halogens is 12. The first kappa shape index (κ1) is 124. The summed E-state index contributed by atoms with van der Waals surface area (Å²) < 4.78 is 31.6. The minimum absolute atomic E-state index is 0.0825. The van der Waals surface area contributed by atoms with Crippen molar-refractivity contribution in [1.82, 2.24) is 0 Å². The van der Waals surface area contributed by atoms with Crippen LogP contribution in [-0.2, 0) is 141 Å². The second kappa shape index (κ2) is 70.4. The molecule has 0 aromatic heterocycles. The number of methoxy groups -OCH3 is 6. The van der Waals surface area contributed by atoms with Gasteiger partial charge in [-0.3, -0.25) is 30.0 Å². The Hall–Kier alpha value is -0.281. The van der Waals surface area contributed by atoms with Gasteiger partial charge in [0.1, 0.15) is 69.0 Å². The average Bonchev–Trinajstić information content (AvgIpc) is 0.847. The molecule has 0 saturated heterocycles. The van der Waals surface area contributed by atoms with E-state index in [2.05, 4.69) is 92.3 Å². The Morgan fingerprint density at radius 3 is 0.563 bits per heavy atom. The first-order valence-corrected chi connectivity index (χ1v) is 79.4. The third-order valence-electron chi connectivity index (χ3n) is 21.9. The van der Waals surface area contributed by atoms with Crippen molar-refractivity contribution in [3.8, 4) is 69.0 Å². The Morgan fingerprint density at radius 1 is 0.270 bits per heavy atom. The molecule has 126 heavy (non-hydrogen) atoms. The summed E-state index contributed by atoms with van der Waals surface area (Å²) in [5, 5.41) is 61.2. The number of ether oxygens (including phenoxy) is 6. The summed E-state index contributed by atoms with van der Waals surface area (Å²) in [6, 6.07) is 24.9. The number of phenolic OH excluding ortho intramolecular Hbond substituents is 6. The van der Waals surface area contributed by atoms with Gasteiger partial charge in [0.2, 0.25) is 0 Å². The topological polar surface area (TPSA) is 251 Å². The van der Waals surface area contributed by atoms with Gasteiger partial charge in [0.25, 0.3) is 0 Å². The van der Waals surface area contributed by atoms with Crippen molar-refractivity contribution in [1.29, 1.82) is 0 Å². The van der Waals surface area contributed by atoms with Gasteiger partial charge in [-0.05, 0) is 236 Å². The molecule has 696 valence electrons. The molecule has 6 aromatic rings. The van der Waals surface area contributed by atoms with Gasteiger partial charge in [0, 0.05) is 112 Å². The molecule has 6 aromatic carbocycles. The molecule has 0 amide bonds. The van der Waals surface area contributed by atoms with E-state index in [0.29, 0.717) is 70.7 Å². The van der Waals surface area contributed by atoms with Crippen molar-refractivity contribution in [2.75, 3.05) is 42.7 Å². The van der Waals surface area contributed by atoms with E-state index < -0.39 is 125 Å². The number of phenols is 6. The molecule has 12 rings (SSSR count). The third kappa shape index (κ3) is 48.1. The van der Waals surface area contributed by atoms with Gasteiger partial charge in [-0.25, -0.2) is 0 Å². The van der Waals surface area contributed by atoms with E-state index >= 15 is 0 Å². The molecule has 0 unspecified atom stereocenters. The van der Waals surface area contributed by atoms with Crippen LogP contribution in [0.3, 0.4) is 0 Å². The molecular formula is C90H126Cl12N6O12Zr6. The fraction of sp³-hybridized carbons (Fsp3) is 0.533. The summed E-state index contributed by atoms with van der Waals surface area (Å²) in [5.41, 5.74) is 9.45. The summed E-state index contributed by atoms with van der Waals surface area (Å²) in [6.45, 7) is 24.8. The van der Waals surface area contributed by atoms with Crippen LogP contribution in [0.1, 0.15) is 264 Å². The van der Waals surface area contributed by atoms with Crippen LogP contribution < -0.4 is 28.4 Å². The molecule has 6 N–H and O–H groups in total. The van der Waals surface area contributed by atoms with E-state index in [4.69, 9.17) is 131 Å². The number of hydrogen-bond donors (Lipinski definition) is 6. The molecule has 0 atom stereocenters. The molecular weight excluding hydrogens is 2330 g/mol. The number of nitrogens with zero attached hydrogens (tertiary/aromatic N) is 6. The number of aliphatic imine (C=N–C) groups is 6. The van der Waals surface area contributed by atoms with E-state index in [1.54, 1.807) is 79.8 Å². The second-order valence-corrected chi connectivity index (χ2v) is 54.2. The first-order valence-electron chi connectivity index (χ1n) is 41.4. The number of aromatic hydroxyl groups is 6. The van der Waals surface area contributed by atoms with Crippen molar-refractivity contribution < 1.29 is 184 Å². The number of benzene rings is 6. The number of rotatable bonds is 24. The fourth-order valence-electron chi connectivity index (χ4n) is 12.4. The molecule has 0 aliphatic heterocycles. The van der Waals surface area contributed by atoms with Gasteiger partial charge in [0.05, 0.1) is 54.7 Å². The maximum atomic E-state index is 10.6. The number of hydrogen-bond acceptors (Lipinski definition) is 18. The van der Waals surface area contributed by atoms with E-state index in [-0.39, 0.29) is 16.2 Å². The quantitative estimate of drug-likeness (QED) is 0.0310. The predicted molar refractivity (Wildman–Crippen MR) is 514 cm³/mol. The van der Waals surface area contributed by atoms with Crippen LogP contribution in [0.15, 0.2) is 103 Å². The van der Waals surface area contributed by atoms with E-state index in [9.17, 15) is 30.6 Å². The zero-order valence-electron chi connectivity index (χ0n) is 75.6. The molecule has 36 heteroatoms. The Kier molecular flexibility index (Phi) is 69.1. The Balaban J connectivity index is 0.000000728. The second-order valence-electron chi connectivity index (χ2n) is 31.8. The Labute approximate surface area is 863 Å². The van der Waals surface area contributed by atoms with Gasteiger partial charge in [-0.1, -0.05) is 88.0 Å². The molecule has 0 bridgehead atoms. The molecule has 6 aliphatic carbocycles. The van der Waals surface area contributed by atoms with Crippen LogP contribution in [0, 0.1) is 20.8 Å². The summed E-state index contributed by atoms with van der Waals surface area (Å²) in [4.78, 5) is 26.9. The summed E-state index contributed by atoms with van der Waals surface area (Å²) in [7, 11) is 69.0. The predicted octanol–water partition coefficient (Wildman–Crippen LogP) is 28.5. The van der Waals surface area contributed by atoms with Gasteiger partial charge < -0.3 is 59.1 Å². The van der Waals surface area contributed by atoms with Crippen molar-refractivity contribution >= 4 is 139 Å². The zero-order valence-corrected chi connectivity index (χ0v) is 99.4. The van der Waals surface area contributed by atoms with Crippen LogP contribution in [0.5, 0.6) is 69.0 Å². The molecule has 0 spiro atoms. The molecule has 6 aliphatic rings. The molecule has 6 fully saturated rings. The molecule has 6 saturated carbocycles. The Morgan fingerprint density at radius 2 is 0.421 bits per heavy atom. The van der Waals surface area contributed by atoms with Crippen molar-refractivity contribution in [2.24, 2.45) is 30.0 Å². The van der Waals surface area contributed by atoms with Crippen LogP contribution in [0.2, 0.25) is 0 Å². The normalized spacial score (nSPS) is 14.7. The van der Waals surface area contributed by atoms with Gasteiger partial charge in [0.15, 0.2) is 0 Å². The third-order valence-corrected chi connectivity index (χ3v) is 21.9. The van der Waals surface area contributed by atoms with Crippen LogP contribution >= 0.6 is 102 Å². The van der Waals surface area contributed by atoms with Gasteiger partial charge >= 0.3 is 227 Å². The van der Waals surface area contributed by atoms with E-state index in [1.165, 1.54) is 77.0 Å². The van der Waals surface area contributed by atoms with Gasteiger partial charge in [-0.2, -0.15) is 0 Å². The molecule has 18 nitrogen and oxygen atoms in total. The fourth-order valence-corrected chi connectivity index (χ4v) is 12.4. The van der Waals surface area contributed by atoms with E-state index in [0.717, 1.165) is 159 Å². The van der Waals surface area contributed by atoms with Crippen molar-refractivity contribution in [3.63, 3.8) is 0 Å². The van der Waals surface area contributed by atoms with Crippen molar-refractivity contribution in [3.05, 3.63) is 140 Å². The minimum atomic E-state index is -0.826. The SMILES string of the molecule is CCC(C)(C)c1cc(OC)cc(C=NC2CC2)c1O.CCC(C)(C)c1cc(OC)cc(C=NC2CCC2)c1O.CCC(C)(C)c1cc(OC)cc(C=NC2CCCC2)c1O.COc1cc(C)c(O)c(C=NC2CC2)c1.COc1cc(C)c(O)c(C=NC2CCC2)c1.COc1cc(C)c(O)c(C=NC2CCCC2)c1.[Cl][Zr][Cl].[Cl][Zr][Cl].[Cl][Zr][Cl].[Cl][Zr][Cl].[Cl][Zr][Cl].[Cl][Zr][Cl]. The molecule has 0 radical (unpaired) electrons. The van der Waals surface area contributed by atoms with Crippen LogP contribution in [-0.4, -0.2) is 147 Å². The first-order chi connectivity index (χ1) is 60.0. The van der Waals surface area contributed by atoms with E-state index in [1.807, 2.05) is 93.7 Å². The summed E-state index contributed by atoms with van der Waals surface area (Å²) in [6.07, 6.45) is 35.1. The van der Waals surface area contributed by atoms with Crippen LogP contribution in [0.25, 0.3) is 0 Å². The molecule has 0 heterocycles. The zero-order chi connectivity index (χ0) is 95.1. The summed E-state index contributed by atoms with van der Waals surface area (Å²) >= 11 is -4.95. The van der Waals surface area contributed by atoms with Crippen LogP contribution in [0.4, 0.5) is 0 Å². The monoisotopic (exact) mass is 2440 g/mol. The number of aryl methyl sites for hydroxylation is 3.